The number of hydrogen-bond donors (Lipinski definition) is 0. The highest BCUT2D eigenvalue weighted by atomic mass is 16.6. The summed E-state index contributed by atoms with van der Waals surface area (Å²) >= 11 is 0. The topological polar surface area (TPSA) is 72.9 Å². The predicted molar refractivity (Wildman–Crippen MR) is 110 cm³/mol. The van der Waals surface area contributed by atoms with Gasteiger partial charge >= 0.3 is 11.5 Å². The molecule has 0 radical (unpaired) electrons. The van der Waals surface area contributed by atoms with Gasteiger partial charge in [0.15, 0.2) is 11.5 Å². The van der Waals surface area contributed by atoms with Crippen LogP contribution in [0.2, 0.25) is 0 Å². The minimum Gasteiger partial charge on any atom is -0.493 e. The fourth-order valence-corrected chi connectivity index (χ4v) is 3.25. The number of nitro benzene ring substituents is 1. The molecule has 0 unspecified atom stereocenters. The molecule has 0 aliphatic rings. The Labute approximate surface area is 163 Å². The third-order valence-corrected chi connectivity index (χ3v) is 4.69. The van der Waals surface area contributed by atoms with Crippen LogP contribution in [-0.2, 0) is 6.42 Å². The molecule has 144 valence electrons. The largest absolute Gasteiger partial charge is 0.493 e. The lowest BCUT2D eigenvalue weighted by Crippen LogP contribution is -1.96. The monoisotopic (exact) mass is 380 g/mol. The molecule has 2 aromatic carbocycles. The molecular formula is C22H22NO5+. The molecule has 6 heteroatoms. The number of benzene rings is 2. The summed E-state index contributed by atoms with van der Waals surface area (Å²) in [5.74, 6) is 2.82. The number of hydrogen-bond acceptors (Lipinski definition) is 4. The number of ether oxygens (including phenoxy) is 2. The molecule has 0 N–H and O–H groups in total. The van der Waals surface area contributed by atoms with Crippen LogP contribution in [0.5, 0.6) is 11.5 Å². The van der Waals surface area contributed by atoms with E-state index in [0.29, 0.717) is 17.3 Å². The van der Waals surface area contributed by atoms with Gasteiger partial charge in [-0.05, 0) is 36.3 Å². The molecule has 0 bridgehead atoms. The van der Waals surface area contributed by atoms with Gasteiger partial charge in [0.05, 0.1) is 37.0 Å². The maximum atomic E-state index is 10.8. The molecular weight excluding hydrogens is 358 g/mol. The molecule has 3 rings (SSSR count). The highest BCUT2D eigenvalue weighted by molar-refractivity contribution is 5.95. The smallest absolute Gasteiger partial charge is 0.360 e. The molecule has 0 aliphatic heterocycles. The van der Waals surface area contributed by atoms with E-state index in [1.54, 1.807) is 26.4 Å². The third-order valence-electron chi connectivity index (χ3n) is 4.69. The van der Waals surface area contributed by atoms with Crippen molar-refractivity contribution >= 4 is 28.6 Å². The average Bonchev–Trinajstić information content (AvgIpc) is 2.71. The van der Waals surface area contributed by atoms with Crippen molar-refractivity contribution in [3.63, 3.8) is 0 Å². The van der Waals surface area contributed by atoms with Crippen LogP contribution in [0.1, 0.15) is 29.6 Å². The quantitative estimate of drug-likeness (QED) is 0.312. The van der Waals surface area contributed by atoms with Crippen molar-refractivity contribution in [2.75, 3.05) is 14.2 Å². The van der Waals surface area contributed by atoms with E-state index in [1.165, 1.54) is 12.1 Å². The number of fused-ring (bicyclic) bond motifs is 1. The molecule has 0 saturated carbocycles. The number of rotatable bonds is 6. The second kappa shape index (κ2) is 8.08. The number of non-ortho nitro benzene ring substituents is 1. The van der Waals surface area contributed by atoms with Gasteiger partial charge in [-0.3, -0.25) is 10.1 Å². The Bertz CT molecular complexity index is 1050. The molecule has 0 aliphatic carbocycles. The van der Waals surface area contributed by atoms with Crippen LogP contribution in [0.4, 0.5) is 5.69 Å². The SMILES string of the molecule is CCc1c(C)[o+]c(C=Cc2ccc([N+](=O)[O-])cc2)c2cc(OC)c(OC)cc12. The van der Waals surface area contributed by atoms with Gasteiger partial charge in [0.2, 0.25) is 0 Å². The first-order valence-electron chi connectivity index (χ1n) is 8.92. The molecule has 0 spiro atoms. The van der Waals surface area contributed by atoms with Crippen LogP contribution in [-0.4, -0.2) is 19.1 Å². The molecule has 0 amide bonds. The van der Waals surface area contributed by atoms with Crippen LogP contribution in [0.15, 0.2) is 40.8 Å². The minimum absolute atomic E-state index is 0.0623. The Kier molecular flexibility index (Phi) is 5.59. The summed E-state index contributed by atoms with van der Waals surface area (Å²) in [4.78, 5) is 10.4. The molecule has 28 heavy (non-hydrogen) atoms. The summed E-state index contributed by atoms with van der Waals surface area (Å²) < 4.78 is 17.0. The first-order chi connectivity index (χ1) is 13.5. The fraction of sp³-hybridized carbons (Fsp3) is 0.227. The summed E-state index contributed by atoms with van der Waals surface area (Å²) in [7, 11) is 3.22. The van der Waals surface area contributed by atoms with Crippen molar-refractivity contribution in [1.82, 2.24) is 0 Å². The van der Waals surface area contributed by atoms with Crippen molar-refractivity contribution in [1.29, 1.82) is 0 Å². The fourth-order valence-electron chi connectivity index (χ4n) is 3.25. The van der Waals surface area contributed by atoms with Crippen molar-refractivity contribution in [3.8, 4) is 11.5 Å². The summed E-state index contributed by atoms with van der Waals surface area (Å²) in [5.41, 5.74) is 2.02. The molecule has 1 heterocycles. The van der Waals surface area contributed by atoms with Gasteiger partial charge in [-0.25, -0.2) is 4.42 Å². The summed E-state index contributed by atoms with van der Waals surface area (Å²) in [6.45, 7) is 4.03. The Morgan fingerprint density at radius 1 is 1.04 bits per heavy atom. The number of methoxy groups -OCH3 is 2. The molecule has 0 atom stereocenters. The normalized spacial score (nSPS) is 11.1. The van der Waals surface area contributed by atoms with Gasteiger partial charge in [-0.2, -0.15) is 0 Å². The van der Waals surface area contributed by atoms with Crippen molar-refractivity contribution in [3.05, 3.63) is 69.2 Å². The van der Waals surface area contributed by atoms with Crippen molar-refractivity contribution < 1.29 is 18.8 Å². The van der Waals surface area contributed by atoms with E-state index >= 15 is 0 Å². The minimum atomic E-state index is -0.414. The first kappa shape index (κ1) is 19.4. The zero-order valence-electron chi connectivity index (χ0n) is 16.3. The molecule has 6 nitrogen and oxygen atoms in total. The van der Waals surface area contributed by atoms with E-state index in [1.807, 2.05) is 31.2 Å². The molecule has 1 aromatic heterocycles. The lowest BCUT2D eigenvalue weighted by molar-refractivity contribution is -0.384. The second-order valence-corrected chi connectivity index (χ2v) is 6.29. The number of nitro groups is 1. The van der Waals surface area contributed by atoms with Crippen LogP contribution in [0.3, 0.4) is 0 Å². The third kappa shape index (κ3) is 3.67. The molecule has 3 aromatic rings. The maximum Gasteiger partial charge on any atom is 0.360 e. The Morgan fingerprint density at radius 3 is 2.18 bits per heavy atom. The highest BCUT2D eigenvalue weighted by Gasteiger charge is 2.22. The summed E-state index contributed by atoms with van der Waals surface area (Å²) in [6.07, 6.45) is 4.55. The number of aryl methyl sites for hydroxylation is 2. The lowest BCUT2D eigenvalue weighted by atomic mass is 10.0. The first-order valence-corrected chi connectivity index (χ1v) is 8.92. The zero-order chi connectivity index (χ0) is 20.3. The van der Waals surface area contributed by atoms with Gasteiger partial charge in [0.1, 0.15) is 0 Å². The molecule has 0 saturated heterocycles. The van der Waals surface area contributed by atoms with Gasteiger partial charge in [-0.15, -0.1) is 0 Å². The van der Waals surface area contributed by atoms with Crippen LogP contribution in [0.25, 0.3) is 22.9 Å². The van der Waals surface area contributed by atoms with E-state index in [-0.39, 0.29) is 5.69 Å². The number of nitrogens with zero attached hydrogens (tertiary/aromatic N) is 1. The van der Waals surface area contributed by atoms with Gasteiger partial charge in [0.25, 0.3) is 5.69 Å². The highest BCUT2D eigenvalue weighted by Crippen LogP contribution is 2.37. The van der Waals surface area contributed by atoms with E-state index < -0.39 is 4.92 Å². The summed E-state index contributed by atoms with van der Waals surface area (Å²) in [6, 6.07) is 10.2. The van der Waals surface area contributed by atoms with E-state index in [2.05, 4.69) is 6.92 Å². The van der Waals surface area contributed by atoms with E-state index in [4.69, 9.17) is 13.9 Å². The van der Waals surface area contributed by atoms with Crippen LogP contribution in [0, 0.1) is 17.0 Å². The Balaban J connectivity index is 2.13. The lowest BCUT2D eigenvalue weighted by Gasteiger charge is -2.10. The van der Waals surface area contributed by atoms with E-state index in [0.717, 1.165) is 34.1 Å². The van der Waals surface area contributed by atoms with E-state index in [9.17, 15) is 10.1 Å². The van der Waals surface area contributed by atoms with Crippen molar-refractivity contribution in [2.24, 2.45) is 0 Å². The average molecular weight is 380 g/mol. The van der Waals surface area contributed by atoms with Gasteiger partial charge < -0.3 is 9.47 Å². The predicted octanol–water partition coefficient (Wildman–Crippen LogP) is 5.68. The summed E-state index contributed by atoms with van der Waals surface area (Å²) in [5, 5.41) is 12.8. The van der Waals surface area contributed by atoms with Gasteiger partial charge in [0, 0.05) is 29.7 Å². The van der Waals surface area contributed by atoms with Crippen molar-refractivity contribution in [2.45, 2.75) is 20.3 Å². The Morgan fingerprint density at radius 2 is 1.64 bits per heavy atom. The maximum absolute atomic E-state index is 10.8. The second-order valence-electron chi connectivity index (χ2n) is 6.29. The standard InChI is InChI=1S/C22H22NO5/c1-5-17-14(2)28-20(11-8-15-6-9-16(10-7-15)23(24)25)19-13-22(27-4)21(26-3)12-18(17)19/h6-13H,5H2,1-4H3/q+1. The van der Waals surface area contributed by atoms with Gasteiger partial charge in [-0.1, -0.05) is 6.92 Å². The van der Waals surface area contributed by atoms with Crippen LogP contribution >= 0.6 is 0 Å². The Hall–Kier alpha value is -3.41. The zero-order valence-corrected chi connectivity index (χ0v) is 16.3. The molecule has 0 fully saturated rings. The van der Waals surface area contributed by atoms with Crippen LogP contribution < -0.4 is 9.47 Å².